The summed E-state index contributed by atoms with van der Waals surface area (Å²) in [5.41, 5.74) is 1.33. The first-order valence-corrected chi connectivity index (χ1v) is 9.99. The number of hydrogen-bond acceptors (Lipinski definition) is 4. The molecule has 0 aliphatic heterocycles. The van der Waals surface area contributed by atoms with Crippen molar-refractivity contribution >= 4 is 29.9 Å². The average Bonchev–Trinajstić information content (AvgIpc) is 3.54. The van der Waals surface area contributed by atoms with Crippen LogP contribution in [-0.2, 0) is 4.74 Å². The van der Waals surface area contributed by atoms with Gasteiger partial charge < -0.3 is 20.1 Å². The molecule has 1 aliphatic rings. The zero-order chi connectivity index (χ0) is 19.5. The molecule has 0 heterocycles. The van der Waals surface area contributed by atoms with Gasteiger partial charge in [0.05, 0.1) is 13.7 Å². The maximum Gasteiger partial charge on any atom is 0.191 e. The molecule has 0 aromatic heterocycles. The average molecular weight is 504 g/mol. The minimum Gasteiger partial charge on any atom is -0.497 e. The van der Waals surface area contributed by atoms with Crippen LogP contribution in [0.3, 0.4) is 0 Å². The Labute approximate surface area is 187 Å². The summed E-state index contributed by atoms with van der Waals surface area (Å²) in [5, 5.41) is 6.85. The Bertz CT molecular complexity index is 564. The highest BCUT2D eigenvalue weighted by Crippen LogP contribution is 2.26. The van der Waals surface area contributed by atoms with Crippen molar-refractivity contribution in [1.82, 2.24) is 15.5 Å². The van der Waals surface area contributed by atoms with Crippen LogP contribution in [0.4, 0.5) is 0 Å². The van der Waals surface area contributed by atoms with Gasteiger partial charge in [0.2, 0.25) is 0 Å². The Morgan fingerprint density at radius 1 is 1.14 bits per heavy atom. The van der Waals surface area contributed by atoms with Crippen LogP contribution in [0.5, 0.6) is 5.75 Å². The molecule has 1 aromatic rings. The molecule has 1 atom stereocenters. The molecule has 28 heavy (non-hydrogen) atoms. The van der Waals surface area contributed by atoms with E-state index in [1.807, 2.05) is 19.2 Å². The fourth-order valence-electron chi connectivity index (χ4n) is 3.17. The molecule has 1 aromatic carbocycles. The van der Waals surface area contributed by atoms with Crippen molar-refractivity contribution in [2.24, 2.45) is 4.99 Å². The lowest BCUT2D eigenvalue weighted by Crippen LogP contribution is -2.43. The molecule has 1 unspecified atom stereocenters. The third kappa shape index (κ3) is 8.96. The number of halogens is 1. The highest BCUT2D eigenvalue weighted by Gasteiger charge is 2.28. The summed E-state index contributed by atoms with van der Waals surface area (Å²) in [6.07, 6.45) is 3.69. The Morgan fingerprint density at radius 2 is 1.82 bits per heavy atom. The van der Waals surface area contributed by atoms with Crippen LogP contribution in [0.25, 0.3) is 0 Å². The summed E-state index contributed by atoms with van der Waals surface area (Å²) >= 11 is 0. The monoisotopic (exact) mass is 504 g/mol. The van der Waals surface area contributed by atoms with Crippen LogP contribution in [-0.4, -0.2) is 71.0 Å². The maximum absolute atomic E-state index is 5.22. The molecule has 0 radical (unpaired) electrons. The Hall–Kier alpha value is -1.06. The number of nitrogens with zero attached hydrogens (tertiary/aromatic N) is 2. The lowest BCUT2D eigenvalue weighted by Gasteiger charge is -2.22. The van der Waals surface area contributed by atoms with E-state index < -0.39 is 0 Å². The molecule has 1 saturated carbocycles. The van der Waals surface area contributed by atoms with Gasteiger partial charge in [-0.2, -0.15) is 0 Å². The van der Waals surface area contributed by atoms with E-state index in [1.165, 1.54) is 18.4 Å². The minimum atomic E-state index is 0. The van der Waals surface area contributed by atoms with Crippen LogP contribution in [0.15, 0.2) is 29.3 Å². The predicted octanol–water partition coefficient (Wildman–Crippen LogP) is 3.08. The Balaban J connectivity index is 0.00000392. The third-order valence-electron chi connectivity index (χ3n) is 5.12. The molecule has 1 aliphatic carbocycles. The van der Waals surface area contributed by atoms with E-state index in [1.54, 1.807) is 14.2 Å². The van der Waals surface area contributed by atoms with Crippen molar-refractivity contribution in [1.29, 1.82) is 0 Å². The van der Waals surface area contributed by atoms with Crippen molar-refractivity contribution in [2.45, 2.75) is 38.1 Å². The number of ether oxygens (including phenoxy) is 2. The minimum absolute atomic E-state index is 0. The van der Waals surface area contributed by atoms with E-state index >= 15 is 0 Å². The summed E-state index contributed by atoms with van der Waals surface area (Å²) in [6, 6.07) is 9.08. The zero-order valence-corrected chi connectivity index (χ0v) is 20.1. The van der Waals surface area contributed by atoms with Crippen molar-refractivity contribution in [3.05, 3.63) is 29.8 Å². The quantitative estimate of drug-likeness (QED) is 0.260. The van der Waals surface area contributed by atoms with E-state index in [0.717, 1.165) is 57.0 Å². The Kier molecular flexibility index (Phi) is 12.5. The predicted molar refractivity (Wildman–Crippen MR) is 127 cm³/mol. The lowest BCUT2D eigenvalue weighted by atomic mass is 9.98. The van der Waals surface area contributed by atoms with E-state index in [2.05, 4.69) is 39.6 Å². The van der Waals surface area contributed by atoms with E-state index in [-0.39, 0.29) is 24.0 Å². The van der Waals surface area contributed by atoms with Crippen molar-refractivity contribution < 1.29 is 9.47 Å². The van der Waals surface area contributed by atoms with Gasteiger partial charge in [0.1, 0.15) is 5.75 Å². The number of guanidine groups is 1. The van der Waals surface area contributed by atoms with Crippen molar-refractivity contribution in [2.75, 3.05) is 54.1 Å². The molecule has 1 fully saturated rings. The number of methoxy groups -OCH3 is 2. The fourth-order valence-corrected chi connectivity index (χ4v) is 3.17. The highest BCUT2D eigenvalue weighted by molar-refractivity contribution is 14.0. The van der Waals surface area contributed by atoms with E-state index in [4.69, 9.17) is 9.47 Å². The molecule has 6 nitrogen and oxygen atoms in total. The summed E-state index contributed by atoms with van der Waals surface area (Å²) in [6.45, 7) is 6.87. The second kappa shape index (κ2) is 14.0. The standard InChI is InChI=1S/C21H36N4O2.HI/c1-17(18-5-9-20(27-4)10-6-18)11-12-23-21(22-2)24-13-14-25(15-16-26-3)19-7-8-19;/h5-6,9-10,17,19H,7-8,11-16H2,1-4H3,(H2,22,23,24);1H. The van der Waals surface area contributed by atoms with Crippen LogP contribution in [0, 0.1) is 0 Å². The molecular formula is C21H37IN4O2. The van der Waals surface area contributed by atoms with Gasteiger partial charge in [-0.05, 0) is 42.9 Å². The second-order valence-electron chi connectivity index (χ2n) is 7.15. The molecule has 2 N–H and O–H groups in total. The van der Waals surface area contributed by atoms with E-state index in [9.17, 15) is 0 Å². The first-order valence-electron chi connectivity index (χ1n) is 9.99. The van der Waals surface area contributed by atoms with Crippen molar-refractivity contribution in [3.63, 3.8) is 0 Å². The molecule has 0 amide bonds. The van der Waals surface area contributed by atoms with Gasteiger partial charge in [-0.15, -0.1) is 24.0 Å². The number of aliphatic imine (C=N–C) groups is 1. The summed E-state index contributed by atoms with van der Waals surface area (Å²) in [4.78, 5) is 6.84. The first kappa shape index (κ1) is 25.0. The van der Waals surface area contributed by atoms with Gasteiger partial charge in [0, 0.05) is 46.4 Å². The van der Waals surface area contributed by atoms with Gasteiger partial charge in [-0.1, -0.05) is 19.1 Å². The summed E-state index contributed by atoms with van der Waals surface area (Å²) in [7, 11) is 5.29. The molecule has 0 bridgehead atoms. The van der Waals surface area contributed by atoms with Crippen LogP contribution >= 0.6 is 24.0 Å². The van der Waals surface area contributed by atoms with Crippen LogP contribution in [0.1, 0.15) is 37.7 Å². The van der Waals surface area contributed by atoms with Crippen LogP contribution in [0.2, 0.25) is 0 Å². The number of rotatable bonds is 12. The van der Waals surface area contributed by atoms with Gasteiger partial charge in [0.15, 0.2) is 5.96 Å². The van der Waals surface area contributed by atoms with Gasteiger partial charge in [0.25, 0.3) is 0 Å². The maximum atomic E-state index is 5.22. The SMILES string of the molecule is CN=C(NCCC(C)c1ccc(OC)cc1)NCCN(CCOC)C1CC1.I. The summed E-state index contributed by atoms with van der Waals surface area (Å²) in [5.74, 6) is 2.26. The summed E-state index contributed by atoms with van der Waals surface area (Å²) < 4.78 is 10.4. The zero-order valence-electron chi connectivity index (χ0n) is 17.7. The van der Waals surface area contributed by atoms with Crippen LogP contribution < -0.4 is 15.4 Å². The lowest BCUT2D eigenvalue weighted by molar-refractivity contribution is 0.144. The first-order chi connectivity index (χ1) is 13.2. The highest BCUT2D eigenvalue weighted by atomic mass is 127. The molecule has 7 heteroatoms. The number of benzene rings is 1. The normalized spacial score (nSPS) is 15.1. The molecule has 0 saturated heterocycles. The molecule has 2 rings (SSSR count). The van der Waals surface area contributed by atoms with Gasteiger partial charge >= 0.3 is 0 Å². The third-order valence-corrected chi connectivity index (χ3v) is 5.12. The molecule has 0 spiro atoms. The van der Waals surface area contributed by atoms with Gasteiger partial charge in [-0.3, -0.25) is 9.89 Å². The number of hydrogen-bond donors (Lipinski definition) is 2. The molecular weight excluding hydrogens is 467 g/mol. The topological polar surface area (TPSA) is 58.1 Å². The van der Waals surface area contributed by atoms with E-state index in [0.29, 0.717) is 5.92 Å². The smallest absolute Gasteiger partial charge is 0.191 e. The van der Waals surface area contributed by atoms with Crippen molar-refractivity contribution in [3.8, 4) is 5.75 Å². The molecule has 160 valence electrons. The second-order valence-corrected chi connectivity index (χ2v) is 7.15. The largest absolute Gasteiger partial charge is 0.497 e. The Morgan fingerprint density at radius 3 is 2.39 bits per heavy atom. The van der Waals surface area contributed by atoms with Gasteiger partial charge in [-0.25, -0.2) is 0 Å². The fraction of sp³-hybridized carbons (Fsp3) is 0.667. The number of nitrogens with one attached hydrogen (secondary N) is 2.